The molecule has 1 aromatic heterocycles. The summed E-state index contributed by atoms with van der Waals surface area (Å²) in [4.78, 5) is 19.9. The van der Waals surface area contributed by atoms with Crippen molar-refractivity contribution in [2.24, 2.45) is 5.73 Å². The van der Waals surface area contributed by atoms with Crippen LogP contribution in [0.1, 0.15) is 12.5 Å². The molecule has 1 atom stereocenters. The maximum atomic E-state index is 12.0. The van der Waals surface area contributed by atoms with Crippen LogP contribution >= 0.6 is 0 Å². The Morgan fingerprint density at radius 1 is 1.44 bits per heavy atom. The Kier molecular flexibility index (Phi) is 5.74. The highest BCUT2D eigenvalue weighted by molar-refractivity contribution is 5.81. The number of pyridine rings is 1. The van der Waals surface area contributed by atoms with Gasteiger partial charge in [-0.2, -0.15) is 0 Å². The van der Waals surface area contributed by atoms with E-state index in [1.165, 1.54) is 0 Å². The van der Waals surface area contributed by atoms with E-state index in [1.807, 2.05) is 31.1 Å². The highest BCUT2D eigenvalue weighted by Gasteiger charge is 2.17. The van der Waals surface area contributed by atoms with Crippen LogP contribution in [0.3, 0.4) is 0 Å². The van der Waals surface area contributed by atoms with Crippen LogP contribution in [0.25, 0.3) is 0 Å². The normalized spacial score (nSPS) is 12.5. The van der Waals surface area contributed by atoms with Crippen molar-refractivity contribution in [2.75, 3.05) is 27.2 Å². The van der Waals surface area contributed by atoms with Crippen LogP contribution in [-0.4, -0.2) is 53.9 Å². The van der Waals surface area contributed by atoms with Gasteiger partial charge < -0.3 is 15.5 Å². The molecule has 1 rings (SSSR count). The quantitative estimate of drug-likeness (QED) is 0.790. The molecule has 0 aromatic carbocycles. The SMILES string of the molecule is CC(N)C(=O)N(CCN(C)C)Cc1cccnc1. The summed E-state index contributed by atoms with van der Waals surface area (Å²) < 4.78 is 0. The predicted molar refractivity (Wildman–Crippen MR) is 71.9 cm³/mol. The van der Waals surface area contributed by atoms with E-state index in [4.69, 9.17) is 5.73 Å². The lowest BCUT2D eigenvalue weighted by Gasteiger charge is -2.26. The van der Waals surface area contributed by atoms with Gasteiger partial charge in [0.05, 0.1) is 6.04 Å². The van der Waals surface area contributed by atoms with Gasteiger partial charge in [-0.15, -0.1) is 0 Å². The lowest BCUT2D eigenvalue weighted by molar-refractivity contribution is -0.133. The fraction of sp³-hybridized carbons (Fsp3) is 0.538. The van der Waals surface area contributed by atoms with E-state index < -0.39 is 6.04 Å². The average Bonchev–Trinajstić information content (AvgIpc) is 2.34. The molecule has 100 valence electrons. The molecule has 0 saturated heterocycles. The van der Waals surface area contributed by atoms with Crippen LogP contribution in [0.4, 0.5) is 0 Å². The smallest absolute Gasteiger partial charge is 0.239 e. The molecule has 18 heavy (non-hydrogen) atoms. The molecule has 0 aliphatic carbocycles. The summed E-state index contributed by atoms with van der Waals surface area (Å²) in [5.74, 6) is -0.0271. The standard InChI is InChI=1S/C13H22N4O/c1-11(14)13(18)17(8-7-16(2)3)10-12-5-4-6-15-9-12/h4-6,9,11H,7-8,10,14H2,1-3H3. The van der Waals surface area contributed by atoms with Gasteiger partial charge in [0, 0.05) is 32.0 Å². The Bertz CT molecular complexity index is 365. The van der Waals surface area contributed by atoms with E-state index in [-0.39, 0.29) is 5.91 Å². The van der Waals surface area contributed by atoms with Gasteiger partial charge in [-0.3, -0.25) is 9.78 Å². The minimum atomic E-state index is -0.469. The van der Waals surface area contributed by atoms with Crippen LogP contribution in [-0.2, 0) is 11.3 Å². The van der Waals surface area contributed by atoms with Crippen molar-refractivity contribution < 1.29 is 4.79 Å². The van der Waals surface area contributed by atoms with Crippen LogP contribution in [0.15, 0.2) is 24.5 Å². The third-order valence-electron chi connectivity index (χ3n) is 2.61. The molecule has 0 fully saturated rings. The number of hydrogen-bond donors (Lipinski definition) is 1. The molecule has 0 aliphatic rings. The molecule has 1 unspecified atom stereocenters. The summed E-state index contributed by atoms with van der Waals surface area (Å²) in [6, 6.07) is 3.36. The Balaban J connectivity index is 2.68. The van der Waals surface area contributed by atoms with Crippen molar-refractivity contribution in [3.05, 3.63) is 30.1 Å². The third-order valence-corrected chi connectivity index (χ3v) is 2.61. The molecule has 0 spiro atoms. The molecule has 1 amide bonds. The molecule has 1 aromatic rings. The summed E-state index contributed by atoms with van der Waals surface area (Å²) in [7, 11) is 3.97. The topological polar surface area (TPSA) is 62.5 Å². The van der Waals surface area contributed by atoms with E-state index in [1.54, 1.807) is 24.2 Å². The lowest BCUT2D eigenvalue weighted by Crippen LogP contribution is -2.44. The van der Waals surface area contributed by atoms with Gasteiger partial charge in [0.25, 0.3) is 0 Å². The number of hydrogen-bond acceptors (Lipinski definition) is 4. The van der Waals surface area contributed by atoms with Crippen molar-refractivity contribution in [3.8, 4) is 0 Å². The maximum absolute atomic E-state index is 12.0. The third kappa shape index (κ3) is 4.81. The molecule has 0 aliphatic heterocycles. The molecular formula is C13H22N4O. The fourth-order valence-corrected chi connectivity index (χ4v) is 1.59. The van der Waals surface area contributed by atoms with Crippen molar-refractivity contribution in [1.82, 2.24) is 14.8 Å². The first kappa shape index (κ1) is 14.6. The van der Waals surface area contributed by atoms with Gasteiger partial charge in [0.15, 0.2) is 0 Å². The molecule has 0 radical (unpaired) electrons. The summed E-state index contributed by atoms with van der Waals surface area (Å²) >= 11 is 0. The van der Waals surface area contributed by atoms with Crippen LogP contribution in [0.2, 0.25) is 0 Å². The second-order valence-electron chi connectivity index (χ2n) is 4.71. The first-order valence-corrected chi connectivity index (χ1v) is 6.08. The van der Waals surface area contributed by atoms with Crippen molar-refractivity contribution in [2.45, 2.75) is 19.5 Å². The van der Waals surface area contributed by atoms with E-state index in [0.29, 0.717) is 13.1 Å². The zero-order chi connectivity index (χ0) is 13.5. The monoisotopic (exact) mass is 250 g/mol. The van der Waals surface area contributed by atoms with Gasteiger partial charge in [-0.05, 0) is 32.6 Å². The van der Waals surface area contributed by atoms with Crippen molar-refractivity contribution in [3.63, 3.8) is 0 Å². The number of carbonyl (C=O) groups excluding carboxylic acids is 1. The Labute approximate surface area is 109 Å². The summed E-state index contributed by atoms with van der Waals surface area (Å²) in [5.41, 5.74) is 6.70. The molecular weight excluding hydrogens is 228 g/mol. The Morgan fingerprint density at radius 2 is 2.17 bits per heavy atom. The molecule has 2 N–H and O–H groups in total. The Hall–Kier alpha value is -1.46. The van der Waals surface area contributed by atoms with Crippen LogP contribution in [0.5, 0.6) is 0 Å². The molecule has 5 heteroatoms. The van der Waals surface area contributed by atoms with Gasteiger partial charge in [0.1, 0.15) is 0 Å². The van der Waals surface area contributed by atoms with Gasteiger partial charge in [0.2, 0.25) is 5.91 Å². The maximum Gasteiger partial charge on any atom is 0.239 e. The summed E-state index contributed by atoms with van der Waals surface area (Å²) in [6.07, 6.45) is 3.50. The van der Waals surface area contributed by atoms with Gasteiger partial charge >= 0.3 is 0 Å². The largest absolute Gasteiger partial charge is 0.336 e. The van der Waals surface area contributed by atoms with Crippen LogP contribution in [0, 0.1) is 0 Å². The van der Waals surface area contributed by atoms with E-state index in [0.717, 1.165) is 12.1 Å². The number of likely N-dealkylation sites (N-methyl/N-ethyl adjacent to an activating group) is 1. The summed E-state index contributed by atoms with van der Waals surface area (Å²) in [6.45, 7) is 3.76. The zero-order valence-electron chi connectivity index (χ0n) is 11.3. The highest BCUT2D eigenvalue weighted by Crippen LogP contribution is 2.04. The number of carbonyl (C=O) groups is 1. The second kappa shape index (κ2) is 7.08. The zero-order valence-corrected chi connectivity index (χ0v) is 11.3. The molecule has 0 saturated carbocycles. The minimum absolute atomic E-state index is 0.0271. The highest BCUT2D eigenvalue weighted by atomic mass is 16.2. The number of rotatable bonds is 6. The van der Waals surface area contributed by atoms with Crippen molar-refractivity contribution >= 4 is 5.91 Å². The predicted octanol–water partition coefficient (Wildman–Crippen LogP) is 0.319. The minimum Gasteiger partial charge on any atom is -0.336 e. The van der Waals surface area contributed by atoms with Gasteiger partial charge in [-0.25, -0.2) is 0 Å². The summed E-state index contributed by atoms with van der Waals surface area (Å²) in [5, 5.41) is 0. The van der Waals surface area contributed by atoms with E-state index in [2.05, 4.69) is 4.98 Å². The molecule has 1 heterocycles. The number of nitrogens with two attached hydrogens (primary N) is 1. The Morgan fingerprint density at radius 3 is 2.67 bits per heavy atom. The van der Waals surface area contributed by atoms with E-state index in [9.17, 15) is 4.79 Å². The lowest BCUT2D eigenvalue weighted by atomic mass is 10.2. The first-order chi connectivity index (χ1) is 8.50. The first-order valence-electron chi connectivity index (χ1n) is 6.08. The number of aromatic nitrogens is 1. The number of nitrogens with zero attached hydrogens (tertiary/aromatic N) is 3. The van der Waals surface area contributed by atoms with Gasteiger partial charge in [-0.1, -0.05) is 6.07 Å². The van der Waals surface area contributed by atoms with Crippen molar-refractivity contribution in [1.29, 1.82) is 0 Å². The molecule has 5 nitrogen and oxygen atoms in total. The molecule has 0 bridgehead atoms. The van der Waals surface area contributed by atoms with E-state index >= 15 is 0 Å². The number of amides is 1. The fourth-order valence-electron chi connectivity index (χ4n) is 1.59. The second-order valence-corrected chi connectivity index (χ2v) is 4.71. The average molecular weight is 250 g/mol. The van der Waals surface area contributed by atoms with Crippen LogP contribution < -0.4 is 5.73 Å².